The number of carbonyl (C=O) groups is 1. The fraction of sp³-hybridized carbons (Fsp3) is 0.533. The van der Waals surface area contributed by atoms with E-state index in [0.717, 1.165) is 12.8 Å². The van der Waals surface area contributed by atoms with Crippen LogP contribution in [-0.4, -0.2) is 46.3 Å². The first-order valence-electron chi connectivity index (χ1n) is 7.09. The molecule has 5 heteroatoms. The zero-order valence-corrected chi connectivity index (χ0v) is 11.5. The van der Waals surface area contributed by atoms with Gasteiger partial charge in [-0.3, -0.25) is 0 Å². The van der Waals surface area contributed by atoms with Crippen molar-refractivity contribution in [1.29, 1.82) is 0 Å². The van der Waals surface area contributed by atoms with Crippen molar-refractivity contribution in [1.82, 2.24) is 4.90 Å². The molecule has 0 aliphatic carbocycles. The third-order valence-corrected chi connectivity index (χ3v) is 4.70. The van der Waals surface area contributed by atoms with Crippen molar-refractivity contribution in [3.63, 3.8) is 0 Å². The molecule has 3 N–H and O–H groups in total. The Bertz CT molecular complexity index is 518. The highest BCUT2D eigenvalue weighted by molar-refractivity contribution is 5.89. The molecule has 0 amide bonds. The molecule has 2 aliphatic rings. The lowest BCUT2D eigenvalue weighted by Gasteiger charge is -2.37. The normalized spacial score (nSPS) is 29.4. The molecule has 0 radical (unpaired) electrons. The number of phenols is 1. The summed E-state index contributed by atoms with van der Waals surface area (Å²) in [5.41, 5.74) is 0.737. The molecule has 0 spiro atoms. The topological polar surface area (TPSA) is 72.8 Å². The third kappa shape index (κ3) is 2.33. The minimum absolute atomic E-state index is 0.0103. The zero-order valence-electron chi connectivity index (χ0n) is 11.5. The molecule has 1 aromatic rings. The highest BCUT2D eigenvalue weighted by atomic mass is 16.4. The number of piperidine rings is 1. The van der Waals surface area contributed by atoms with Crippen LogP contribution >= 0.6 is 0 Å². The average molecular weight is 276 g/mol. The van der Waals surface area contributed by atoms with Gasteiger partial charge in [0.2, 0.25) is 0 Å². The molecule has 2 bridgehead atoms. The highest BCUT2D eigenvalue weighted by Crippen LogP contribution is 2.36. The van der Waals surface area contributed by atoms with Gasteiger partial charge >= 0.3 is 5.97 Å². The Hall–Kier alpha value is -1.75. The van der Waals surface area contributed by atoms with Gasteiger partial charge in [0, 0.05) is 18.1 Å². The van der Waals surface area contributed by atoms with Crippen LogP contribution < -0.4 is 5.32 Å². The van der Waals surface area contributed by atoms with E-state index in [2.05, 4.69) is 17.3 Å². The first-order valence-corrected chi connectivity index (χ1v) is 7.09. The van der Waals surface area contributed by atoms with E-state index in [4.69, 9.17) is 5.11 Å². The van der Waals surface area contributed by atoms with Gasteiger partial charge < -0.3 is 20.4 Å². The number of anilines is 1. The number of carboxylic acids is 1. The monoisotopic (exact) mass is 276 g/mol. The summed E-state index contributed by atoms with van der Waals surface area (Å²) in [6.45, 7) is 0. The summed E-state index contributed by atoms with van der Waals surface area (Å²) in [4.78, 5) is 13.3. The molecule has 2 fully saturated rings. The molecule has 2 aliphatic heterocycles. The van der Waals surface area contributed by atoms with Gasteiger partial charge in [0.1, 0.15) is 5.75 Å². The van der Waals surface area contributed by atoms with E-state index >= 15 is 0 Å². The van der Waals surface area contributed by atoms with Crippen LogP contribution in [0.5, 0.6) is 5.75 Å². The Kier molecular flexibility index (Phi) is 3.30. The smallest absolute Gasteiger partial charge is 0.335 e. The van der Waals surface area contributed by atoms with Crippen LogP contribution in [-0.2, 0) is 0 Å². The van der Waals surface area contributed by atoms with E-state index in [9.17, 15) is 9.90 Å². The number of fused-ring (bicyclic) bond motifs is 2. The number of aromatic hydroxyl groups is 1. The van der Waals surface area contributed by atoms with Crippen molar-refractivity contribution in [2.24, 2.45) is 0 Å². The molecular weight excluding hydrogens is 256 g/mol. The average Bonchev–Trinajstić information content (AvgIpc) is 2.64. The Morgan fingerprint density at radius 3 is 2.50 bits per heavy atom. The molecule has 1 aromatic carbocycles. The molecule has 2 saturated heterocycles. The Labute approximate surface area is 118 Å². The molecule has 0 saturated carbocycles. The summed E-state index contributed by atoms with van der Waals surface area (Å²) in [5, 5.41) is 22.2. The lowest BCUT2D eigenvalue weighted by atomic mass is 9.97. The van der Waals surface area contributed by atoms with Gasteiger partial charge in [-0.2, -0.15) is 0 Å². The number of rotatable bonds is 3. The van der Waals surface area contributed by atoms with Crippen LogP contribution in [0.25, 0.3) is 0 Å². The van der Waals surface area contributed by atoms with E-state index in [1.807, 2.05) is 0 Å². The number of hydrogen-bond acceptors (Lipinski definition) is 4. The maximum absolute atomic E-state index is 10.8. The number of phenolic OH excluding ortho intramolecular Hbond substituents is 1. The fourth-order valence-electron chi connectivity index (χ4n) is 3.54. The van der Waals surface area contributed by atoms with Gasteiger partial charge in [-0.1, -0.05) is 0 Å². The molecule has 2 atom stereocenters. The van der Waals surface area contributed by atoms with Gasteiger partial charge in [0.25, 0.3) is 0 Å². The van der Waals surface area contributed by atoms with Crippen molar-refractivity contribution < 1.29 is 15.0 Å². The van der Waals surface area contributed by atoms with E-state index in [0.29, 0.717) is 23.8 Å². The largest absolute Gasteiger partial charge is 0.506 e. The van der Waals surface area contributed by atoms with Crippen LogP contribution in [0.1, 0.15) is 36.0 Å². The summed E-state index contributed by atoms with van der Waals surface area (Å²) in [6, 6.07) is 6.09. The van der Waals surface area contributed by atoms with Crippen molar-refractivity contribution in [3.05, 3.63) is 23.8 Å². The lowest BCUT2D eigenvalue weighted by molar-refractivity contribution is 0.0696. The Morgan fingerprint density at radius 1 is 1.30 bits per heavy atom. The van der Waals surface area contributed by atoms with Gasteiger partial charge in [-0.15, -0.1) is 0 Å². The molecule has 2 unspecified atom stereocenters. The van der Waals surface area contributed by atoms with Crippen molar-refractivity contribution in [2.75, 3.05) is 12.4 Å². The molecule has 20 heavy (non-hydrogen) atoms. The number of carboxylic acid groups (broad SMARTS) is 1. The molecule has 5 nitrogen and oxygen atoms in total. The van der Waals surface area contributed by atoms with E-state index in [-0.39, 0.29) is 11.3 Å². The van der Waals surface area contributed by atoms with Crippen LogP contribution in [0.3, 0.4) is 0 Å². The molecule has 108 valence electrons. The first kappa shape index (κ1) is 13.2. The minimum atomic E-state index is -1.02. The second-order valence-electron chi connectivity index (χ2n) is 5.90. The lowest BCUT2D eigenvalue weighted by Crippen LogP contribution is -2.44. The number of nitrogens with zero attached hydrogens (tertiary/aromatic N) is 1. The van der Waals surface area contributed by atoms with E-state index in [1.165, 1.54) is 25.0 Å². The van der Waals surface area contributed by atoms with E-state index in [1.54, 1.807) is 6.07 Å². The van der Waals surface area contributed by atoms with Crippen LogP contribution in [0.15, 0.2) is 18.2 Å². The van der Waals surface area contributed by atoms with Gasteiger partial charge in [-0.05, 0) is 50.9 Å². The maximum Gasteiger partial charge on any atom is 0.335 e. The predicted octanol–water partition coefficient (Wildman–Crippen LogP) is 2.13. The number of nitrogens with one attached hydrogen (secondary N) is 1. The zero-order chi connectivity index (χ0) is 14.3. The number of hydrogen-bond donors (Lipinski definition) is 3. The molecule has 2 heterocycles. The van der Waals surface area contributed by atoms with Crippen LogP contribution in [0, 0.1) is 0 Å². The summed E-state index contributed by atoms with van der Waals surface area (Å²) in [7, 11) is 2.19. The minimum Gasteiger partial charge on any atom is -0.506 e. The Morgan fingerprint density at radius 2 is 1.95 bits per heavy atom. The van der Waals surface area contributed by atoms with Crippen LogP contribution in [0.2, 0.25) is 0 Å². The van der Waals surface area contributed by atoms with Crippen molar-refractivity contribution >= 4 is 11.7 Å². The summed E-state index contributed by atoms with van der Waals surface area (Å²) < 4.78 is 0. The fourth-order valence-corrected chi connectivity index (χ4v) is 3.54. The summed E-state index contributed by atoms with van der Waals surface area (Å²) in [6.07, 6.45) is 4.66. The van der Waals surface area contributed by atoms with Gasteiger partial charge in [0.05, 0.1) is 11.3 Å². The van der Waals surface area contributed by atoms with Crippen LogP contribution in [0.4, 0.5) is 5.69 Å². The predicted molar refractivity (Wildman–Crippen MR) is 76.3 cm³/mol. The quantitative estimate of drug-likeness (QED) is 0.738. The summed E-state index contributed by atoms with van der Waals surface area (Å²) >= 11 is 0. The second-order valence-corrected chi connectivity index (χ2v) is 5.90. The third-order valence-electron chi connectivity index (χ3n) is 4.70. The second kappa shape index (κ2) is 4.98. The summed E-state index contributed by atoms with van der Waals surface area (Å²) in [5.74, 6) is -1.01. The number of benzene rings is 1. The van der Waals surface area contributed by atoms with Crippen molar-refractivity contribution in [3.8, 4) is 5.75 Å². The van der Waals surface area contributed by atoms with Gasteiger partial charge in [0.15, 0.2) is 0 Å². The Balaban J connectivity index is 1.71. The maximum atomic E-state index is 10.8. The highest BCUT2D eigenvalue weighted by Gasteiger charge is 2.38. The number of aromatic carboxylic acids is 1. The first-order chi connectivity index (χ1) is 9.54. The standard InChI is InChI=1S/C15H20N2O3/c1-17-11-3-4-12(17)8-10(7-11)16-13-5-2-9(15(19)20)6-14(13)18/h2,5-6,10-12,16,18H,3-4,7-8H2,1H3,(H,19,20). The van der Waals surface area contributed by atoms with Crippen molar-refractivity contribution in [2.45, 2.75) is 43.8 Å². The molecular formula is C15H20N2O3. The SMILES string of the molecule is CN1C2CCC1CC(Nc1ccc(C(=O)O)cc1O)C2. The van der Waals surface area contributed by atoms with E-state index < -0.39 is 5.97 Å². The molecule has 3 rings (SSSR count). The van der Waals surface area contributed by atoms with Gasteiger partial charge in [-0.25, -0.2) is 4.79 Å². The molecule has 0 aromatic heterocycles.